The Bertz CT molecular complexity index is 884. The SMILES string of the molecule is CO[C@@H]1COCC[C@H]1S(=O)(=O)c1c(Cl)ccc2nc(C(C)(C)C)oc12. The molecule has 1 aromatic carbocycles. The number of fused-ring (bicyclic) bond motifs is 1. The van der Waals surface area contributed by atoms with Crippen molar-refractivity contribution in [2.45, 2.75) is 48.9 Å². The van der Waals surface area contributed by atoms with E-state index in [2.05, 4.69) is 4.98 Å². The Kier molecular flexibility index (Phi) is 4.87. The molecule has 1 aliphatic rings. The lowest BCUT2D eigenvalue weighted by atomic mass is 9.97. The van der Waals surface area contributed by atoms with Gasteiger partial charge >= 0.3 is 0 Å². The maximum atomic E-state index is 13.3. The number of rotatable bonds is 3. The number of methoxy groups -OCH3 is 1. The molecule has 2 atom stereocenters. The molecule has 0 amide bonds. The fourth-order valence-electron chi connectivity index (χ4n) is 2.95. The number of hydrogen-bond acceptors (Lipinski definition) is 6. The number of halogens is 1. The Labute approximate surface area is 152 Å². The second kappa shape index (κ2) is 6.54. The number of ether oxygens (including phenoxy) is 2. The zero-order valence-electron chi connectivity index (χ0n) is 14.7. The van der Waals surface area contributed by atoms with Crippen LogP contribution in [0.2, 0.25) is 5.02 Å². The molecule has 0 N–H and O–H groups in total. The van der Waals surface area contributed by atoms with Crippen molar-refractivity contribution in [3.05, 3.63) is 23.0 Å². The van der Waals surface area contributed by atoms with Crippen LogP contribution in [0.3, 0.4) is 0 Å². The number of hydrogen-bond donors (Lipinski definition) is 0. The average molecular weight is 388 g/mol. The highest BCUT2D eigenvalue weighted by Gasteiger charge is 2.40. The zero-order chi connectivity index (χ0) is 18.4. The molecule has 138 valence electrons. The summed E-state index contributed by atoms with van der Waals surface area (Å²) in [5, 5.41) is -0.608. The molecule has 25 heavy (non-hydrogen) atoms. The summed E-state index contributed by atoms with van der Waals surface area (Å²) in [7, 11) is -2.30. The number of oxazole rings is 1. The van der Waals surface area contributed by atoms with E-state index in [-0.39, 0.29) is 27.5 Å². The van der Waals surface area contributed by atoms with E-state index < -0.39 is 21.2 Å². The summed E-state index contributed by atoms with van der Waals surface area (Å²) >= 11 is 6.28. The van der Waals surface area contributed by atoms with Crippen LogP contribution in [-0.4, -0.2) is 45.1 Å². The third kappa shape index (κ3) is 3.30. The van der Waals surface area contributed by atoms with Gasteiger partial charge in [-0.25, -0.2) is 13.4 Å². The molecular formula is C17H22ClNO5S. The number of sulfone groups is 1. The third-order valence-corrected chi connectivity index (χ3v) is 7.07. The van der Waals surface area contributed by atoms with Gasteiger partial charge in [-0.15, -0.1) is 0 Å². The molecule has 1 aliphatic heterocycles. The molecule has 0 aliphatic carbocycles. The van der Waals surface area contributed by atoms with E-state index >= 15 is 0 Å². The summed E-state index contributed by atoms with van der Waals surface area (Å²) in [6.07, 6.45) is -0.205. The van der Waals surface area contributed by atoms with Gasteiger partial charge in [0.15, 0.2) is 15.4 Å². The van der Waals surface area contributed by atoms with Crippen LogP contribution in [0.25, 0.3) is 11.1 Å². The van der Waals surface area contributed by atoms with Gasteiger partial charge in [0.1, 0.15) is 10.4 Å². The van der Waals surface area contributed by atoms with Crippen LogP contribution in [0, 0.1) is 0 Å². The van der Waals surface area contributed by atoms with E-state index in [4.69, 9.17) is 25.5 Å². The molecule has 0 spiro atoms. The Morgan fingerprint density at radius 3 is 2.68 bits per heavy atom. The molecule has 1 saturated heterocycles. The van der Waals surface area contributed by atoms with Crippen LogP contribution >= 0.6 is 11.6 Å². The first kappa shape index (κ1) is 18.6. The minimum Gasteiger partial charge on any atom is -0.439 e. The topological polar surface area (TPSA) is 78.6 Å². The third-order valence-electron chi connectivity index (χ3n) is 4.33. The second-order valence-corrected chi connectivity index (χ2v) is 9.73. The molecule has 0 bridgehead atoms. The van der Waals surface area contributed by atoms with Crippen LogP contribution in [0.1, 0.15) is 33.1 Å². The van der Waals surface area contributed by atoms with Crippen molar-refractivity contribution >= 4 is 32.5 Å². The van der Waals surface area contributed by atoms with Gasteiger partial charge in [0, 0.05) is 19.1 Å². The molecule has 6 nitrogen and oxygen atoms in total. The van der Waals surface area contributed by atoms with Crippen molar-refractivity contribution < 1.29 is 22.3 Å². The van der Waals surface area contributed by atoms with Crippen LogP contribution in [0.4, 0.5) is 0 Å². The van der Waals surface area contributed by atoms with Crippen molar-refractivity contribution in [1.29, 1.82) is 0 Å². The molecule has 0 radical (unpaired) electrons. The van der Waals surface area contributed by atoms with Crippen molar-refractivity contribution in [2.24, 2.45) is 0 Å². The van der Waals surface area contributed by atoms with Gasteiger partial charge in [0.25, 0.3) is 0 Å². The fraction of sp³-hybridized carbons (Fsp3) is 0.588. The zero-order valence-corrected chi connectivity index (χ0v) is 16.3. The minimum absolute atomic E-state index is 0.0105. The van der Waals surface area contributed by atoms with Crippen molar-refractivity contribution in [1.82, 2.24) is 4.98 Å². The van der Waals surface area contributed by atoms with Crippen LogP contribution < -0.4 is 0 Å². The largest absolute Gasteiger partial charge is 0.439 e. The van der Waals surface area contributed by atoms with Crippen LogP contribution in [-0.2, 0) is 24.7 Å². The van der Waals surface area contributed by atoms with Crippen LogP contribution in [0.5, 0.6) is 0 Å². The lowest BCUT2D eigenvalue weighted by Gasteiger charge is -2.30. The van der Waals surface area contributed by atoms with E-state index in [1.54, 1.807) is 12.1 Å². The Balaban J connectivity index is 2.19. The first-order valence-corrected chi connectivity index (χ1v) is 10.0. The number of nitrogens with zero attached hydrogens (tertiary/aromatic N) is 1. The monoisotopic (exact) mass is 387 g/mol. The lowest BCUT2D eigenvalue weighted by Crippen LogP contribution is -2.43. The summed E-state index contributed by atoms with van der Waals surface area (Å²) in [5.41, 5.74) is 0.341. The summed E-state index contributed by atoms with van der Waals surface area (Å²) in [5.74, 6) is 0.469. The highest BCUT2D eigenvalue weighted by atomic mass is 35.5. The normalized spacial score (nSPS) is 22.4. The number of benzene rings is 1. The standard InChI is InChI=1S/C17H22ClNO5S/c1-17(2,3)16-19-11-6-5-10(18)15(14(11)24-16)25(20,21)13-7-8-23-9-12(13)22-4/h5-6,12-13H,7-9H2,1-4H3/t12-,13-/m1/s1. The first-order chi connectivity index (χ1) is 11.7. The van der Waals surface area contributed by atoms with E-state index in [1.807, 2.05) is 20.8 Å². The molecule has 0 unspecified atom stereocenters. The van der Waals surface area contributed by atoms with E-state index in [0.29, 0.717) is 24.4 Å². The van der Waals surface area contributed by atoms with Gasteiger partial charge in [-0.2, -0.15) is 0 Å². The molecule has 2 aromatic rings. The predicted octanol–water partition coefficient (Wildman–Crippen LogP) is 3.36. The van der Waals surface area contributed by atoms with E-state index in [0.717, 1.165) is 0 Å². The summed E-state index contributed by atoms with van der Waals surface area (Å²) in [6, 6.07) is 3.22. The summed E-state index contributed by atoms with van der Waals surface area (Å²) < 4.78 is 43.2. The lowest BCUT2D eigenvalue weighted by molar-refractivity contribution is -0.0263. The fourth-order valence-corrected chi connectivity index (χ4v) is 5.46. The van der Waals surface area contributed by atoms with E-state index in [1.165, 1.54) is 7.11 Å². The van der Waals surface area contributed by atoms with Gasteiger partial charge in [-0.3, -0.25) is 0 Å². The molecule has 8 heteroatoms. The average Bonchev–Trinajstić information content (AvgIpc) is 2.98. The highest BCUT2D eigenvalue weighted by Crippen LogP contribution is 2.37. The smallest absolute Gasteiger partial charge is 0.200 e. The van der Waals surface area contributed by atoms with Gasteiger partial charge < -0.3 is 13.9 Å². The van der Waals surface area contributed by atoms with Gasteiger partial charge in [0.2, 0.25) is 5.89 Å². The van der Waals surface area contributed by atoms with Crippen molar-refractivity contribution in [3.8, 4) is 0 Å². The molecular weight excluding hydrogens is 366 g/mol. The molecule has 3 rings (SSSR count). The summed E-state index contributed by atoms with van der Waals surface area (Å²) in [4.78, 5) is 4.43. The molecule has 0 saturated carbocycles. The molecule has 1 aromatic heterocycles. The number of aromatic nitrogens is 1. The van der Waals surface area contributed by atoms with E-state index in [9.17, 15) is 8.42 Å². The quantitative estimate of drug-likeness (QED) is 0.803. The van der Waals surface area contributed by atoms with Gasteiger partial charge in [0.05, 0.1) is 23.0 Å². The van der Waals surface area contributed by atoms with Gasteiger partial charge in [-0.05, 0) is 18.6 Å². The Hall–Kier alpha value is -1.15. The Morgan fingerprint density at radius 2 is 2.04 bits per heavy atom. The first-order valence-electron chi connectivity index (χ1n) is 8.10. The van der Waals surface area contributed by atoms with Gasteiger partial charge in [-0.1, -0.05) is 32.4 Å². The maximum absolute atomic E-state index is 13.3. The maximum Gasteiger partial charge on any atom is 0.200 e. The van der Waals surface area contributed by atoms with Crippen molar-refractivity contribution in [2.75, 3.05) is 20.3 Å². The Morgan fingerprint density at radius 1 is 1.32 bits per heavy atom. The predicted molar refractivity (Wildman–Crippen MR) is 94.9 cm³/mol. The minimum atomic E-state index is -3.78. The highest BCUT2D eigenvalue weighted by molar-refractivity contribution is 7.92. The summed E-state index contributed by atoms with van der Waals surface area (Å²) in [6.45, 7) is 6.45. The molecule has 2 heterocycles. The second-order valence-electron chi connectivity index (χ2n) is 7.21. The van der Waals surface area contributed by atoms with Crippen LogP contribution in [0.15, 0.2) is 21.4 Å². The molecule has 1 fully saturated rings. The van der Waals surface area contributed by atoms with Crippen molar-refractivity contribution in [3.63, 3.8) is 0 Å².